The maximum atomic E-state index is 11.8. The first kappa shape index (κ1) is 13.6. The minimum atomic E-state index is -0.269. The van der Waals surface area contributed by atoms with Crippen LogP contribution in [-0.2, 0) is 16.2 Å². The molecule has 0 heterocycles. The molecule has 0 N–H and O–H groups in total. The highest BCUT2D eigenvalue weighted by Gasteiger charge is 2.31. The molecule has 2 aromatic rings. The van der Waals surface area contributed by atoms with Crippen molar-refractivity contribution in [3.63, 3.8) is 0 Å². The topological polar surface area (TPSA) is 43.4 Å². The quantitative estimate of drug-likeness (QED) is 0.807. The Morgan fingerprint density at radius 3 is 2.52 bits per heavy atom. The summed E-state index contributed by atoms with van der Waals surface area (Å²) < 4.78 is 5.71. The van der Waals surface area contributed by atoms with Crippen molar-refractivity contribution in [2.75, 3.05) is 0 Å². The molecule has 0 aliphatic heterocycles. The van der Waals surface area contributed by atoms with Crippen molar-refractivity contribution < 1.29 is 14.3 Å². The Balaban J connectivity index is 1.71. The summed E-state index contributed by atoms with van der Waals surface area (Å²) in [5.74, 6) is 0.612. The molecule has 0 saturated heterocycles. The van der Waals surface area contributed by atoms with E-state index in [-0.39, 0.29) is 23.9 Å². The number of hydrogen-bond acceptors (Lipinski definition) is 3. The predicted octanol–water partition coefficient (Wildman–Crippen LogP) is 3.28. The van der Waals surface area contributed by atoms with Gasteiger partial charge in [-0.3, -0.25) is 9.59 Å². The Morgan fingerprint density at radius 2 is 1.81 bits per heavy atom. The molecular formula is C18H16O3. The summed E-state index contributed by atoms with van der Waals surface area (Å²) in [6.07, 6.45) is 0.414. The first-order valence-corrected chi connectivity index (χ1v) is 7.03. The van der Waals surface area contributed by atoms with Crippen LogP contribution in [0.3, 0.4) is 0 Å². The number of carbonyl (C=O) groups excluding carboxylic acids is 2. The number of Topliss-reactive ketones (excluding diaryl/α,β-unsaturated/α-hetero) is 2. The Bertz CT molecular complexity index is 661. The van der Waals surface area contributed by atoms with Gasteiger partial charge in [-0.05, 0) is 23.3 Å². The summed E-state index contributed by atoms with van der Waals surface area (Å²) in [6, 6.07) is 17.4. The Morgan fingerprint density at radius 1 is 1.00 bits per heavy atom. The third kappa shape index (κ3) is 3.19. The summed E-state index contributed by atoms with van der Waals surface area (Å²) >= 11 is 0. The number of hydrogen-bond donors (Lipinski definition) is 0. The van der Waals surface area contributed by atoms with Crippen LogP contribution in [0.1, 0.15) is 29.9 Å². The van der Waals surface area contributed by atoms with Gasteiger partial charge in [0.05, 0.1) is 12.3 Å². The second-order valence-corrected chi connectivity index (χ2v) is 5.29. The molecule has 106 valence electrons. The molecule has 2 aromatic carbocycles. The van der Waals surface area contributed by atoms with Crippen LogP contribution in [0.25, 0.3) is 0 Å². The number of rotatable bonds is 4. The van der Waals surface area contributed by atoms with Gasteiger partial charge in [0.15, 0.2) is 0 Å². The smallest absolute Gasteiger partial charge is 0.148 e. The van der Waals surface area contributed by atoms with Crippen molar-refractivity contribution in [2.45, 2.75) is 25.4 Å². The van der Waals surface area contributed by atoms with Gasteiger partial charge < -0.3 is 4.74 Å². The summed E-state index contributed by atoms with van der Waals surface area (Å²) in [7, 11) is 0. The zero-order chi connectivity index (χ0) is 14.7. The highest BCUT2D eigenvalue weighted by atomic mass is 16.5. The van der Waals surface area contributed by atoms with Crippen LogP contribution in [0.5, 0.6) is 5.75 Å². The van der Waals surface area contributed by atoms with Gasteiger partial charge in [0.1, 0.15) is 23.9 Å². The lowest BCUT2D eigenvalue weighted by atomic mass is 9.95. The van der Waals surface area contributed by atoms with Crippen LogP contribution in [0.2, 0.25) is 0 Å². The van der Waals surface area contributed by atoms with Gasteiger partial charge in [-0.2, -0.15) is 0 Å². The minimum Gasteiger partial charge on any atom is -0.489 e. The second kappa shape index (κ2) is 5.92. The number of ketones is 2. The average Bonchev–Trinajstić information content (AvgIpc) is 2.85. The molecule has 1 aliphatic rings. The molecule has 21 heavy (non-hydrogen) atoms. The Kier molecular flexibility index (Phi) is 3.82. The van der Waals surface area contributed by atoms with Crippen LogP contribution in [0, 0.1) is 0 Å². The third-order valence-corrected chi connectivity index (χ3v) is 3.69. The second-order valence-electron chi connectivity index (χ2n) is 5.29. The normalized spacial score (nSPS) is 18.0. The molecule has 0 spiro atoms. The van der Waals surface area contributed by atoms with Gasteiger partial charge in [-0.25, -0.2) is 0 Å². The van der Waals surface area contributed by atoms with Crippen LogP contribution in [0.4, 0.5) is 0 Å². The van der Waals surface area contributed by atoms with E-state index in [0.717, 1.165) is 16.9 Å². The van der Waals surface area contributed by atoms with E-state index in [1.807, 2.05) is 54.6 Å². The zero-order valence-corrected chi connectivity index (χ0v) is 11.6. The molecule has 1 fully saturated rings. The Hall–Kier alpha value is -2.42. The van der Waals surface area contributed by atoms with Gasteiger partial charge in [0, 0.05) is 6.42 Å². The van der Waals surface area contributed by atoms with E-state index in [2.05, 4.69) is 0 Å². The molecule has 3 nitrogen and oxygen atoms in total. The van der Waals surface area contributed by atoms with E-state index in [1.54, 1.807) is 0 Å². The highest BCUT2D eigenvalue weighted by molar-refractivity contribution is 6.09. The first-order chi connectivity index (χ1) is 10.2. The predicted molar refractivity (Wildman–Crippen MR) is 79.2 cm³/mol. The lowest BCUT2D eigenvalue weighted by molar-refractivity contribution is -0.121. The number of carbonyl (C=O) groups is 2. The molecule has 0 amide bonds. The van der Waals surface area contributed by atoms with Gasteiger partial charge in [0.2, 0.25) is 0 Å². The van der Waals surface area contributed by atoms with Crippen molar-refractivity contribution in [3.05, 3.63) is 65.7 Å². The zero-order valence-electron chi connectivity index (χ0n) is 11.6. The molecule has 0 aromatic heterocycles. The maximum absolute atomic E-state index is 11.8. The average molecular weight is 280 g/mol. The summed E-state index contributed by atoms with van der Waals surface area (Å²) in [4.78, 5) is 23.2. The maximum Gasteiger partial charge on any atom is 0.148 e. The van der Waals surface area contributed by atoms with Gasteiger partial charge in [0.25, 0.3) is 0 Å². The van der Waals surface area contributed by atoms with Crippen molar-refractivity contribution in [3.8, 4) is 5.75 Å². The van der Waals surface area contributed by atoms with Crippen LogP contribution >= 0.6 is 0 Å². The molecule has 3 heteroatoms. The fourth-order valence-corrected chi connectivity index (χ4v) is 2.62. The molecule has 0 bridgehead atoms. The number of para-hydroxylation sites is 1. The lowest BCUT2D eigenvalue weighted by Gasteiger charge is -2.11. The van der Waals surface area contributed by atoms with Crippen molar-refractivity contribution in [1.82, 2.24) is 0 Å². The molecule has 3 rings (SSSR count). The molecule has 1 atom stereocenters. The largest absolute Gasteiger partial charge is 0.489 e. The molecular weight excluding hydrogens is 264 g/mol. The summed E-state index contributed by atoms with van der Waals surface area (Å²) in [6.45, 7) is 0.451. The van der Waals surface area contributed by atoms with E-state index >= 15 is 0 Å². The van der Waals surface area contributed by atoms with E-state index in [9.17, 15) is 9.59 Å². The van der Waals surface area contributed by atoms with E-state index < -0.39 is 0 Å². The lowest BCUT2D eigenvalue weighted by Crippen LogP contribution is -2.05. The first-order valence-electron chi connectivity index (χ1n) is 7.03. The van der Waals surface area contributed by atoms with Gasteiger partial charge >= 0.3 is 0 Å². The highest BCUT2D eigenvalue weighted by Crippen LogP contribution is 2.29. The van der Waals surface area contributed by atoms with E-state index in [0.29, 0.717) is 13.0 Å². The fourth-order valence-electron chi connectivity index (χ4n) is 2.62. The van der Waals surface area contributed by atoms with Crippen LogP contribution in [-0.4, -0.2) is 11.6 Å². The van der Waals surface area contributed by atoms with Crippen molar-refractivity contribution in [2.24, 2.45) is 0 Å². The third-order valence-electron chi connectivity index (χ3n) is 3.69. The van der Waals surface area contributed by atoms with Crippen LogP contribution in [0.15, 0.2) is 54.6 Å². The number of ether oxygens (including phenoxy) is 1. The molecule has 1 aliphatic carbocycles. The fraction of sp³-hybridized carbons (Fsp3) is 0.222. The standard InChI is InChI=1S/C18H16O3/c19-15-10-17(18(20)11-15)14-6-4-5-13(9-14)12-21-16-7-2-1-3-8-16/h1-9,17H,10-12H2. The number of benzene rings is 2. The van der Waals surface area contributed by atoms with E-state index in [1.165, 1.54) is 0 Å². The monoisotopic (exact) mass is 280 g/mol. The van der Waals surface area contributed by atoms with Gasteiger partial charge in [-0.1, -0.05) is 42.5 Å². The Labute approximate surface area is 123 Å². The molecule has 1 unspecified atom stereocenters. The summed E-state index contributed by atoms with van der Waals surface area (Å²) in [5, 5.41) is 0. The van der Waals surface area contributed by atoms with Crippen molar-refractivity contribution in [1.29, 1.82) is 0 Å². The molecule has 0 radical (unpaired) electrons. The van der Waals surface area contributed by atoms with Crippen LogP contribution < -0.4 is 4.74 Å². The summed E-state index contributed by atoms with van der Waals surface area (Å²) in [5.41, 5.74) is 1.92. The minimum absolute atomic E-state index is 0.0288. The molecule has 1 saturated carbocycles. The van der Waals surface area contributed by atoms with Crippen molar-refractivity contribution >= 4 is 11.6 Å². The van der Waals surface area contributed by atoms with Gasteiger partial charge in [-0.15, -0.1) is 0 Å². The van der Waals surface area contributed by atoms with E-state index in [4.69, 9.17) is 4.74 Å². The SMILES string of the molecule is O=C1CC(=O)C(c2cccc(COc3ccccc3)c2)C1.